The summed E-state index contributed by atoms with van der Waals surface area (Å²) in [7, 11) is -3.42. The van der Waals surface area contributed by atoms with Gasteiger partial charge in [0.25, 0.3) is 0 Å². The first-order valence-electron chi connectivity index (χ1n) is 9.26. The lowest BCUT2D eigenvalue weighted by molar-refractivity contribution is -0.116. The molecule has 0 saturated carbocycles. The van der Waals surface area contributed by atoms with Crippen LogP contribution in [-0.2, 0) is 14.8 Å². The first kappa shape index (κ1) is 21.8. The number of nitrogens with zero attached hydrogens (tertiary/aromatic N) is 1. The lowest BCUT2D eigenvalue weighted by Gasteiger charge is -2.22. The van der Waals surface area contributed by atoms with E-state index in [-0.39, 0.29) is 25.0 Å². The molecule has 152 valence electrons. The Morgan fingerprint density at radius 3 is 2.43 bits per heavy atom. The number of carbonyl (C=O) groups is 1. The smallest absolute Gasteiger partial charge is 0.232 e. The Labute approximate surface area is 167 Å². The van der Waals surface area contributed by atoms with Gasteiger partial charge >= 0.3 is 0 Å². The van der Waals surface area contributed by atoms with Gasteiger partial charge in [-0.05, 0) is 51.5 Å². The fourth-order valence-corrected chi connectivity index (χ4v) is 3.69. The van der Waals surface area contributed by atoms with Crippen molar-refractivity contribution in [3.05, 3.63) is 54.1 Å². The van der Waals surface area contributed by atoms with E-state index < -0.39 is 10.0 Å². The Kier molecular flexibility index (Phi) is 7.45. The molecule has 1 amide bonds. The van der Waals surface area contributed by atoms with E-state index in [0.29, 0.717) is 23.5 Å². The lowest BCUT2D eigenvalue weighted by Crippen LogP contribution is -2.31. The van der Waals surface area contributed by atoms with Crippen LogP contribution in [0.1, 0.15) is 32.3 Å². The quantitative estimate of drug-likeness (QED) is 0.686. The lowest BCUT2D eigenvalue weighted by atomic mass is 10.2. The van der Waals surface area contributed by atoms with Crippen molar-refractivity contribution in [2.75, 3.05) is 22.4 Å². The normalized spacial score (nSPS) is 11.3. The number of nitrogens with one attached hydrogen (secondary N) is 1. The van der Waals surface area contributed by atoms with E-state index >= 15 is 0 Å². The number of sulfonamides is 1. The zero-order chi connectivity index (χ0) is 20.7. The number of carbonyl (C=O) groups excluding carboxylic acids is 1. The average Bonchev–Trinajstić information content (AvgIpc) is 2.58. The number of benzene rings is 2. The fourth-order valence-electron chi connectivity index (χ4n) is 2.72. The summed E-state index contributed by atoms with van der Waals surface area (Å²) in [6.07, 6.45) is 1.85. The topological polar surface area (TPSA) is 75.7 Å². The van der Waals surface area contributed by atoms with Crippen molar-refractivity contribution in [3.8, 4) is 5.75 Å². The van der Waals surface area contributed by atoms with Crippen molar-refractivity contribution < 1.29 is 17.9 Å². The largest absolute Gasteiger partial charge is 0.491 e. The van der Waals surface area contributed by atoms with E-state index in [1.54, 1.807) is 24.3 Å². The molecule has 0 heterocycles. The average molecular weight is 405 g/mol. The number of anilines is 2. The van der Waals surface area contributed by atoms with Gasteiger partial charge in [-0.25, -0.2) is 8.42 Å². The van der Waals surface area contributed by atoms with Crippen LogP contribution in [0.25, 0.3) is 0 Å². The third kappa shape index (κ3) is 6.88. The maximum absolute atomic E-state index is 12.2. The van der Waals surface area contributed by atoms with Crippen LogP contribution in [0.2, 0.25) is 0 Å². The molecule has 1 N–H and O–H groups in total. The first-order valence-corrected chi connectivity index (χ1v) is 11.1. The van der Waals surface area contributed by atoms with Gasteiger partial charge in [-0.3, -0.25) is 9.10 Å². The summed E-state index contributed by atoms with van der Waals surface area (Å²) in [5.41, 5.74) is 2.31. The van der Waals surface area contributed by atoms with E-state index in [1.807, 2.05) is 45.0 Å². The summed E-state index contributed by atoms with van der Waals surface area (Å²) in [6, 6.07) is 14.5. The fraction of sp³-hybridized carbons (Fsp3) is 0.381. The molecule has 0 radical (unpaired) electrons. The van der Waals surface area contributed by atoms with Crippen LogP contribution >= 0.6 is 0 Å². The van der Waals surface area contributed by atoms with E-state index in [0.717, 1.165) is 5.56 Å². The summed E-state index contributed by atoms with van der Waals surface area (Å²) in [5, 5.41) is 2.83. The summed E-state index contributed by atoms with van der Waals surface area (Å²) in [5.74, 6) is 0.523. The number of aryl methyl sites for hydroxylation is 1. The summed E-state index contributed by atoms with van der Waals surface area (Å²) >= 11 is 0. The number of rotatable bonds is 9. The zero-order valence-electron chi connectivity index (χ0n) is 16.8. The standard InChI is InChI=1S/C21H28N2O4S/c1-16(2)27-20-8-5-7-18(15-20)22-21(24)9-6-14-23(28(4,25)26)19-12-10-17(3)11-13-19/h5,7-8,10-13,15-16H,6,9,14H2,1-4H3,(H,22,24). The predicted molar refractivity (Wildman–Crippen MR) is 113 cm³/mol. The van der Waals surface area contributed by atoms with Gasteiger partial charge in [-0.1, -0.05) is 23.8 Å². The van der Waals surface area contributed by atoms with Gasteiger partial charge in [0.05, 0.1) is 18.0 Å². The first-order chi connectivity index (χ1) is 13.1. The van der Waals surface area contributed by atoms with Crippen molar-refractivity contribution in [3.63, 3.8) is 0 Å². The Balaban J connectivity index is 1.93. The van der Waals surface area contributed by atoms with Crippen LogP contribution in [0.3, 0.4) is 0 Å². The Bertz CT molecular complexity index is 893. The molecule has 0 aliphatic carbocycles. The van der Waals surface area contributed by atoms with E-state index in [2.05, 4.69) is 5.32 Å². The second-order valence-corrected chi connectivity index (χ2v) is 8.92. The molecule has 2 rings (SSSR count). The van der Waals surface area contributed by atoms with Crippen molar-refractivity contribution in [2.24, 2.45) is 0 Å². The van der Waals surface area contributed by atoms with Crippen molar-refractivity contribution >= 4 is 27.3 Å². The van der Waals surface area contributed by atoms with Gasteiger partial charge in [-0.2, -0.15) is 0 Å². The maximum Gasteiger partial charge on any atom is 0.232 e. The zero-order valence-corrected chi connectivity index (χ0v) is 17.6. The summed E-state index contributed by atoms with van der Waals surface area (Å²) in [4.78, 5) is 12.2. The van der Waals surface area contributed by atoms with Crippen molar-refractivity contribution in [1.29, 1.82) is 0 Å². The molecule has 0 bridgehead atoms. The van der Waals surface area contributed by atoms with E-state index in [9.17, 15) is 13.2 Å². The minimum absolute atomic E-state index is 0.0506. The van der Waals surface area contributed by atoms with Crippen molar-refractivity contribution in [2.45, 2.75) is 39.7 Å². The molecule has 0 atom stereocenters. The summed E-state index contributed by atoms with van der Waals surface area (Å²) in [6.45, 7) is 6.06. The molecule has 0 spiro atoms. The minimum atomic E-state index is -3.42. The number of hydrogen-bond acceptors (Lipinski definition) is 4. The van der Waals surface area contributed by atoms with Crippen LogP contribution in [0.5, 0.6) is 5.75 Å². The van der Waals surface area contributed by atoms with E-state index in [1.165, 1.54) is 10.6 Å². The molecule has 7 heteroatoms. The monoisotopic (exact) mass is 404 g/mol. The SMILES string of the molecule is Cc1ccc(N(CCCC(=O)Nc2cccc(OC(C)C)c2)S(C)(=O)=O)cc1. The van der Waals surface area contributed by atoms with Gasteiger partial charge in [0.2, 0.25) is 15.9 Å². The third-order valence-electron chi connectivity index (χ3n) is 3.98. The van der Waals surface area contributed by atoms with Crippen LogP contribution in [0.4, 0.5) is 11.4 Å². The van der Waals surface area contributed by atoms with Crippen LogP contribution < -0.4 is 14.4 Å². The number of ether oxygens (including phenoxy) is 1. The molecular formula is C21H28N2O4S. The highest BCUT2D eigenvalue weighted by atomic mass is 32.2. The molecule has 0 saturated heterocycles. The molecule has 2 aromatic rings. The molecule has 6 nitrogen and oxygen atoms in total. The highest BCUT2D eigenvalue weighted by molar-refractivity contribution is 7.92. The van der Waals surface area contributed by atoms with Crippen LogP contribution in [-0.4, -0.2) is 33.2 Å². The Morgan fingerprint density at radius 2 is 1.82 bits per heavy atom. The molecule has 0 aliphatic rings. The second kappa shape index (κ2) is 9.59. The van der Waals surface area contributed by atoms with E-state index in [4.69, 9.17) is 4.74 Å². The number of hydrogen-bond donors (Lipinski definition) is 1. The Morgan fingerprint density at radius 1 is 1.14 bits per heavy atom. The predicted octanol–water partition coefficient (Wildman–Crippen LogP) is 3.97. The Hall–Kier alpha value is -2.54. The highest BCUT2D eigenvalue weighted by Gasteiger charge is 2.17. The summed E-state index contributed by atoms with van der Waals surface area (Å²) < 4.78 is 31.2. The molecule has 0 fully saturated rings. The van der Waals surface area contributed by atoms with Gasteiger partial charge in [0.15, 0.2) is 0 Å². The molecule has 28 heavy (non-hydrogen) atoms. The highest BCUT2D eigenvalue weighted by Crippen LogP contribution is 2.20. The number of amides is 1. The molecule has 2 aromatic carbocycles. The van der Waals surface area contributed by atoms with Crippen LogP contribution in [0, 0.1) is 6.92 Å². The van der Waals surface area contributed by atoms with Crippen molar-refractivity contribution in [1.82, 2.24) is 0 Å². The molecule has 0 aromatic heterocycles. The molecule has 0 unspecified atom stereocenters. The van der Waals surface area contributed by atoms with Gasteiger partial charge in [-0.15, -0.1) is 0 Å². The van der Waals surface area contributed by atoms with Gasteiger partial charge in [0, 0.05) is 24.7 Å². The molecular weight excluding hydrogens is 376 g/mol. The molecule has 0 aliphatic heterocycles. The van der Waals surface area contributed by atoms with Gasteiger partial charge < -0.3 is 10.1 Å². The second-order valence-electron chi connectivity index (χ2n) is 7.02. The van der Waals surface area contributed by atoms with Crippen LogP contribution in [0.15, 0.2) is 48.5 Å². The maximum atomic E-state index is 12.2. The van der Waals surface area contributed by atoms with Gasteiger partial charge in [0.1, 0.15) is 5.75 Å². The minimum Gasteiger partial charge on any atom is -0.491 e. The third-order valence-corrected chi connectivity index (χ3v) is 5.17.